The highest BCUT2D eigenvalue weighted by molar-refractivity contribution is 7.99. The SMILES string of the molecule is CCSc1cccc(N(C)Cc2csc(C)n2)c1CN. The van der Waals surface area contributed by atoms with Crippen molar-refractivity contribution in [3.63, 3.8) is 0 Å². The monoisotopic (exact) mass is 307 g/mol. The molecule has 108 valence electrons. The Labute approximate surface area is 129 Å². The number of thioether (sulfide) groups is 1. The van der Waals surface area contributed by atoms with E-state index in [-0.39, 0.29) is 0 Å². The maximum Gasteiger partial charge on any atom is 0.0898 e. The van der Waals surface area contributed by atoms with Gasteiger partial charge in [-0.15, -0.1) is 23.1 Å². The smallest absolute Gasteiger partial charge is 0.0898 e. The number of aryl methyl sites for hydroxylation is 1. The molecular weight excluding hydrogens is 286 g/mol. The maximum absolute atomic E-state index is 5.96. The third kappa shape index (κ3) is 3.53. The van der Waals surface area contributed by atoms with Crippen LogP contribution in [-0.2, 0) is 13.1 Å². The summed E-state index contributed by atoms with van der Waals surface area (Å²) in [7, 11) is 2.10. The van der Waals surface area contributed by atoms with Gasteiger partial charge in [-0.05, 0) is 24.8 Å². The number of nitrogens with zero attached hydrogens (tertiary/aromatic N) is 2. The first-order valence-electron chi connectivity index (χ1n) is 6.72. The van der Waals surface area contributed by atoms with Gasteiger partial charge in [0.05, 0.1) is 17.2 Å². The van der Waals surface area contributed by atoms with Crippen LogP contribution in [0.4, 0.5) is 5.69 Å². The zero-order chi connectivity index (χ0) is 14.5. The number of hydrogen-bond acceptors (Lipinski definition) is 5. The molecule has 0 aliphatic heterocycles. The number of aromatic nitrogens is 1. The van der Waals surface area contributed by atoms with E-state index in [1.165, 1.54) is 16.1 Å². The normalized spacial score (nSPS) is 10.8. The van der Waals surface area contributed by atoms with Crippen LogP contribution in [0, 0.1) is 6.92 Å². The molecule has 0 aliphatic carbocycles. The van der Waals surface area contributed by atoms with E-state index in [0.29, 0.717) is 6.54 Å². The Morgan fingerprint density at radius 1 is 1.40 bits per heavy atom. The first-order chi connectivity index (χ1) is 9.65. The highest BCUT2D eigenvalue weighted by Crippen LogP contribution is 2.30. The number of rotatable bonds is 6. The Hall–Kier alpha value is -1.04. The van der Waals surface area contributed by atoms with Crippen LogP contribution in [0.2, 0.25) is 0 Å². The van der Waals surface area contributed by atoms with Gasteiger partial charge in [-0.25, -0.2) is 4.98 Å². The molecule has 0 radical (unpaired) electrons. The van der Waals surface area contributed by atoms with Gasteiger partial charge in [-0.1, -0.05) is 13.0 Å². The molecule has 0 saturated heterocycles. The van der Waals surface area contributed by atoms with Gasteiger partial charge in [-0.2, -0.15) is 0 Å². The predicted molar refractivity (Wildman–Crippen MR) is 89.7 cm³/mol. The lowest BCUT2D eigenvalue weighted by Crippen LogP contribution is -2.19. The van der Waals surface area contributed by atoms with E-state index < -0.39 is 0 Å². The van der Waals surface area contributed by atoms with Crippen LogP contribution in [0.25, 0.3) is 0 Å². The molecule has 0 aliphatic rings. The number of nitrogens with two attached hydrogens (primary N) is 1. The van der Waals surface area contributed by atoms with Crippen molar-refractivity contribution in [1.29, 1.82) is 0 Å². The van der Waals surface area contributed by atoms with Crippen molar-refractivity contribution in [1.82, 2.24) is 4.98 Å². The van der Waals surface area contributed by atoms with Crippen molar-refractivity contribution in [2.24, 2.45) is 5.73 Å². The summed E-state index contributed by atoms with van der Waals surface area (Å²) in [6.45, 7) is 5.59. The van der Waals surface area contributed by atoms with Crippen LogP contribution in [0.3, 0.4) is 0 Å². The average molecular weight is 307 g/mol. The summed E-state index contributed by atoms with van der Waals surface area (Å²) in [6.07, 6.45) is 0. The van der Waals surface area contributed by atoms with E-state index in [1.54, 1.807) is 11.3 Å². The standard InChI is InChI=1S/C15H21N3S2/c1-4-19-15-7-5-6-14(13(15)8-16)18(3)9-12-10-20-11(2)17-12/h5-7,10H,4,8-9,16H2,1-3H3. The molecule has 2 aromatic rings. The number of thiazole rings is 1. The molecule has 5 heteroatoms. The second kappa shape index (κ2) is 7.11. The maximum atomic E-state index is 5.96. The van der Waals surface area contributed by atoms with Crippen LogP contribution in [0.1, 0.15) is 23.2 Å². The van der Waals surface area contributed by atoms with E-state index in [0.717, 1.165) is 23.0 Å². The van der Waals surface area contributed by atoms with E-state index in [4.69, 9.17) is 5.73 Å². The summed E-state index contributed by atoms with van der Waals surface area (Å²) in [4.78, 5) is 8.05. The zero-order valence-electron chi connectivity index (χ0n) is 12.2. The summed E-state index contributed by atoms with van der Waals surface area (Å²) in [5.74, 6) is 1.06. The quantitative estimate of drug-likeness (QED) is 0.827. The summed E-state index contributed by atoms with van der Waals surface area (Å²) in [5.41, 5.74) is 9.52. The number of anilines is 1. The summed E-state index contributed by atoms with van der Waals surface area (Å²) >= 11 is 3.54. The molecule has 0 atom stereocenters. The minimum Gasteiger partial charge on any atom is -0.368 e. The minimum atomic E-state index is 0.568. The Balaban J connectivity index is 2.24. The highest BCUT2D eigenvalue weighted by atomic mass is 32.2. The minimum absolute atomic E-state index is 0.568. The van der Waals surface area contributed by atoms with Gasteiger partial charge in [0, 0.05) is 35.1 Å². The Bertz CT molecular complexity index is 566. The van der Waals surface area contributed by atoms with Gasteiger partial charge in [0.2, 0.25) is 0 Å². The zero-order valence-corrected chi connectivity index (χ0v) is 13.9. The van der Waals surface area contributed by atoms with Crippen LogP contribution in [-0.4, -0.2) is 17.8 Å². The van der Waals surface area contributed by atoms with Crippen LogP contribution in [0.15, 0.2) is 28.5 Å². The molecule has 2 N–H and O–H groups in total. The van der Waals surface area contributed by atoms with Gasteiger partial charge >= 0.3 is 0 Å². The van der Waals surface area contributed by atoms with E-state index in [9.17, 15) is 0 Å². The third-order valence-electron chi connectivity index (χ3n) is 3.09. The Morgan fingerprint density at radius 2 is 2.20 bits per heavy atom. The van der Waals surface area contributed by atoms with Gasteiger partial charge in [0.1, 0.15) is 0 Å². The summed E-state index contributed by atoms with van der Waals surface area (Å²) in [5, 5.41) is 3.24. The molecule has 0 saturated carbocycles. The Kier molecular flexibility index (Phi) is 5.46. The van der Waals surface area contributed by atoms with Gasteiger partial charge in [-0.3, -0.25) is 0 Å². The molecule has 1 aromatic carbocycles. The fraction of sp³-hybridized carbons (Fsp3) is 0.400. The summed E-state index contributed by atoms with van der Waals surface area (Å²) in [6, 6.07) is 6.40. The average Bonchev–Trinajstić information content (AvgIpc) is 2.84. The molecule has 20 heavy (non-hydrogen) atoms. The molecule has 0 bridgehead atoms. The van der Waals surface area contributed by atoms with Crippen molar-refractivity contribution in [2.75, 3.05) is 17.7 Å². The summed E-state index contributed by atoms with van der Waals surface area (Å²) < 4.78 is 0. The van der Waals surface area contributed by atoms with Crippen molar-refractivity contribution in [3.8, 4) is 0 Å². The molecule has 1 aromatic heterocycles. The molecule has 2 rings (SSSR count). The van der Waals surface area contributed by atoms with Gasteiger partial charge in [0.25, 0.3) is 0 Å². The molecule has 0 spiro atoms. The molecular formula is C15H21N3S2. The van der Waals surface area contributed by atoms with Crippen LogP contribution >= 0.6 is 23.1 Å². The van der Waals surface area contributed by atoms with E-state index >= 15 is 0 Å². The number of benzene rings is 1. The van der Waals surface area contributed by atoms with Crippen molar-refractivity contribution in [2.45, 2.75) is 31.8 Å². The molecule has 3 nitrogen and oxygen atoms in total. The van der Waals surface area contributed by atoms with Gasteiger partial charge < -0.3 is 10.6 Å². The number of hydrogen-bond donors (Lipinski definition) is 1. The second-order valence-electron chi connectivity index (χ2n) is 4.60. The van der Waals surface area contributed by atoms with Crippen LogP contribution in [0.5, 0.6) is 0 Å². The third-order valence-corrected chi connectivity index (χ3v) is 4.89. The molecule has 0 amide bonds. The van der Waals surface area contributed by atoms with Crippen LogP contribution < -0.4 is 10.6 Å². The van der Waals surface area contributed by atoms with Gasteiger partial charge in [0.15, 0.2) is 0 Å². The fourth-order valence-electron chi connectivity index (χ4n) is 2.22. The topological polar surface area (TPSA) is 42.2 Å². The lowest BCUT2D eigenvalue weighted by atomic mass is 10.1. The molecule has 0 unspecified atom stereocenters. The highest BCUT2D eigenvalue weighted by Gasteiger charge is 2.12. The molecule has 1 heterocycles. The first-order valence-corrected chi connectivity index (χ1v) is 8.59. The van der Waals surface area contributed by atoms with Crippen molar-refractivity contribution >= 4 is 28.8 Å². The Morgan fingerprint density at radius 3 is 2.80 bits per heavy atom. The van der Waals surface area contributed by atoms with E-state index in [1.807, 2.05) is 18.7 Å². The second-order valence-corrected chi connectivity index (χ2v) is 6.97. The fourth-order valence-corrected chi connectivity index (χ4v) is 3.67. The lowest BCUT2D eigenvalue weighted by Gasteiger charge is -2.23. The van der Waals surface area contributed by atoms with Crippen molar-refractivity contribution in [3.05, 3.63) is 39.8 Å². The lowest BCUT2D eigenvalue weighted by molar-refractivity contribution is 0.870. The largest absolute Gasteiger partial charge is 0.368 e. The van der Waals surface area contributed by atoms with Crippen molar-refractivity contribution < 1.29 is 0 Å². The van der Waals surface area contributed by atoms with E-state index in [2.05, 4.69) is 47.4 Å². The molecule has 0 fully saturated rings. The predicted octanol–water partition coefficient (Wildman–Crippen LogP) is 3.66. The first kappa shape index (κ1) is 15.4.